The summed E-state index contributed by atoms with van der Waals surface area (Å²) in [5.74, 6) is 0. The summed E-state index contributed by atoms with van der Waals surface area (Å²) in [4.78, 5) is 2.85. The van der Waals surface area contributed by atoms with Gasteiger partial charge in [-0.05, 0) is 42.5 Å². The van der Waals surface area contributed by atoms with E-state index in [0.29, 0.717) is 5.02 Å². The zero-order chi connectivity index (χ0) is 14.4. The number of nitrogen functional groups attached to an aromatic ring is 1. The Morgan fingerprint density at radius 1 is 1.11 bits per heavy atom. The minimum absolute atomic E-state index is 0.674. The molecule has 0 amide bonds. The predicted octanol–water partition coefficient (Wildman–Crippen LogP) is 4.73. The summed E-state index contributed by atoms with van der Waals surface area (Å²) in [5.41, 5.74) is 7.49. The van der Waals surface area contributed by atoms with Crippen LogP contribution in [0.1, 0.15) is 0 Å². The maximum atomic E-state index is 5.71. The summed E-state index contributed by atoms with van der Waals surface area (Å²) in [6.45, 7) is 0. The van der Waals surface area contributed by atoms with Gasteiger partial charge in [-0.2, -0.15) is 0 Å². The zero-order valence-electron chi connectivity index (χ0n) is 10.8. The second-order valence-corrected chi connectivity index (χ2v) is 5.89. The minimum atomic E-state index is 0.674. The molecule has 2 aromatic carbocycles. The monoisotopic (exact) mass is 358 g/mol. The molecular weight excluding hydrogens is 344 g/mol. The van der Waals surface area contributed by atoms with Crippen molar-refractivity contribution in [2.45, 2.75) is 4.90 Å². The van der Waals surface area contributed by atoms with Crippen LogP contribution >= 0.6 is 40.2 Å². The van der Waals surface area contributed by atoms with Crippen molar-refractivity contribution in [1.29, 1.82) is 0 Å². The molecular formula is C14H16BrClN2S. The van der Waals surface area contributed by atoms with Gasteiger partial charge >= 0.3 is 0 Å². The molecule has 2 N–H and O–H groups in total. The summed E-state index contributed by atoms with van der Waals surface area (Å²) in [7, 11) is 4.01. The number of halogens is 2. The van der Waals surface area contributed by atoms with E-state index in [9.17, 15) is 0 Å². The Kier molecular flexibility index (Phi) is 6.55. The van der Waals surface area contributed by atoms with Crippen LogP contribution in [0.2, 0.25) is 5.02 Å². The van der Waals surface area contributed by atoms with E-state index in [2.05, 4.69) is 28.6 Å². The SMILES string of the molecule is CN(C)c1ccc(N)cc1.Sc1ccc(Br)cc1Cl. The second-order valence-electron chi connectivity index (χ2n) is 4.08. The van der Waals surface area contributed by atoms with Crippen LogP contribution in [0.5, 0.6) is 0 Å². The maximum absolute atomic E-state index is 5.71. The van der Waals surface area contributed by atoms with E-state index in [1.807, 2.05) is 61.5 Å². The van der Waals surface area contributed by atoms with Crippen molar-refractivity contribution in [3.05, 3.63) is 52.0 Å². The third-order valence-corrected chi connectivity index (χ3v) is 3.65. The highest BCUT2D eigenvalue weighted by molar-refractivity contribution is 9.10. The first kappa shape index (κ1) is 16.2. The number of nitrogens with zero attached hydrogens (tertiary/aromatic N) is 1. The summed E-state index contributed by atoms with van der Waals surface area (Å²) in [5, 5.41) is 0.674. The molecule has 0 aliphatic rings. The Bertz CT molecular complexity index is 529. The fourth-order valence-corrected chi connectivity index (χ4v) is 2.07. The Hall–Kier alpha value is -0.840. The number of thiol groups is 1. The first-order valence-corrected chi connectivity index (χ1v) is 7.19. The number of hydrogen-bond donors (Lipinski definition) is 2. The van der Waals surface area contributed by atoms with Gasteiger partial charge in [-0.25, -0.2) is 0 Å². The van der Waals surface area contributed by atoms with Gasteiger partial charge in [0, 0.05) is 34.8 Å². The Morgan fingerprint density at radius 2 is 1.68 bits per heavy atom. The van der Waals surface area contributed by atoms with Gasteiger partial charge in [0.2, 0.25) is 0 Å². The molecule has 2 aromatic rings. The number of anilines is 2. The molecule has 2 nitrogen and oxygen atoms in total. The van der Waals surface area contributed by atoms with Gasteiger partial charge in [-0.1, -0.05) is 27.5 Å². The molecule has 0 spiro atoms. The van der Waals surface area contributed by atoms with Crippen LogP contribution in [-0.4, -0.2) is 14.1 Å². The van der Waals surface area contributed by atoms with Gasteiger partial charge in [0.05, 0.1) is 5.02 Å². The van der Waals surface area contributed by atoms with E-state index in [1.165, 1.54) is 5.69 Å². The lowest BCUT2D eigenvalue weighted by molar-refractivity contribution is 1.13. The lowest BCUT2D eigenvalue weighted by Crippen LogP contribution is -2.08. The molecule has 5 heteroatoms. The van der Waals surface area contributed by atoms with Gasteiger partial charge in [-0.3, -0.25) is 0 Å². The molecule has 102 valence electrons. The average molecular weight is 360 g/mol. The largest absolute Gasteiger partial charge is 0.399 e. The van der Waals surface area contributed by atoms with Gasteiger partial charge in [0.15, 0.2) is 0 Å². The van der Waals surface area contributed by atoms with Gasteiger partial charge in [-0.15, -0.1) is 12.6 Å². The number of nitrogens with two attached hydrogens (primary N) is 1. The van der Waals surface area contributed by atoms with Crippen LogP contribution in [0.4, 0.5) is 11.4 Å². The van der Waals surface area contributed by atoms with Crippen molar-refractivity contribution in [2.75, 3.05) is 24.7 Å². The normalized spacial score (nSPS) is 9.53. The van der Waals surface area contributed by atoms with E-state index in [4.69, 9.17) is 17.3 Å². The van der Waals surface area contributed by atoms with E-state index >= 15 is 0 Å². The third-order valence-electron chi connectivity index (χ3n) is 2.32. The first-order chi connectivity index (χ1) is 8.90. The van der Waals surface area contributed by atoms with Crippen molar-refractivity contribution in [3.8, 4) is 0 Å². The maximum Gasteiger partial charge on any atom is 0.0550 e. The van der Waals surface area contributed by atoms with Gasteiger partial charge in [0.25, 0.3) is 0 Å². The van der Waals surface area contributed by atoms with Crippen LogP contribution in [0, 0.1) is 0 Å². The standard InChI is InChI=1S/C8H12N2.C6H4BrClS/c1-10(2)8-5-3-7(9)4-6-8;7-4-1-2-6(9)5(8)3-4/h3-6H,9H2,1-2H3;1-3,9H. The summed E-state index contributed by atoms with van der Waals surface area (Å²) in [6.07, 6.45) is 0. The van der Waals surface area contributed by atoms with Gasteiger partial charge in [0.1, 0.15) is 0 Å². The van der Waals surface area contributed by atoms with E-state index < -0.39 is 0 Å². The molecule has 0 fully saturated rings. The highest BCUT2D eigenvalue weighted by Crippen LogP contribution is 2.23. The predicted molar refractivity (Wildman–Crippen MR) is 91.6 cm³/mol. The molecule has 0 aliphatic carbocycles. The minimum Gasteiger partial charge on any atom is -0.399 e. The molecule has 19 heavy (non-hydrogen) atoms. The molecule has 2 rings (SSSR count). The smallest absolute Gasteiger partial charge is 0.0550 e. The van der Waals surface area contributed by atoms with Crippen molar-refractivity contribution in [2.24, 2.45) is 0 Å². The Labute approximate surface area is 133 Å². The van der Waals surface area contributed by atoms with E-state index in [0.717, 1.165) is 15.1 Å². The fraction of sp³-hybridized carbons (Fsp3) is 0.143. The van der Waals surface area contributed by atoms with Crippen LogP contribution in [0.25, 0.3) is 0 Å². The summed E-state index contributed by atoms with van der Waals surface area (Å²) < 4.78 is 0.977. The summed E-state index contributed by atoms with van der Waals surface area (Å²) >= 11 is 13.1. The molecule has 0 saturated carbocycles. The molecule has 0 aliphatic heterocycles. The average Bonchev–Trinajstić information content (AvgIpc) is 2.35. The molecule has 0 bridgehead atoms. The quantitative estimate of drug-likeness (QED) is 0.569. The van der Waals surface area contributed by atoms with Crippen LogP contribution in [0.15, 0.2) is 51.8 Å². The first-order valence-electron chi connectivity index (χ1n) is 5.57. The molecule has 0 saturated heterocycles. The highest BCUT2D eigenvalue weighted by Gasteiger charge is 1.93. The molecule has 0 radical (unpaired) electrons. The van der Waals surface area contributed by atoms with Crippen LogP contribution < -0.4 is 10.6 Å². The Morgan fingerprint density at radius 3 is 2.11 bits per heavy atom. The number of rotatable bonds is 1. The third kappa shape index (κ3) is 5.76. The lowest BCUT2D eigenvalue weighted by Gasteiger charge is -2.11. The molecule has 0 unspecified atom stereocenters. The molecule has 0 atom stereocenters. The number of hydrogen-bond acceptors (Lipinski definition) is 3. The molecule has 0 heterocycles. The Balaban J connectivity index is 0.000000191. The fourth-order valence-electron chi connectivity index (χ4n) is 1.25. The zero-order valence-corrected chi connectivity index (χ0v) is 14.0. The van der Waals surface area contributed by atoms with E-state index in [1.54, 1.807) is 0 Å². The van der Waals surface area contributed by atoms with Crippen LogP contribution in [-0.2, 0) is 0 Å². The van der Waals surface area contributed by atoms with Crippen LogP contribution in [0.3, 0.4) is 0 Å². The second kappa shape index (κ2) is 7.68. The van der Waals surface area contributed by atoms with Crippen molar-refractivity contribution in [3.63, 3.8) is 0 Å². The van der Waals surface area contributed by atoms with Gasteiger partial charge < -0.3 is 10.6 Å². The number of benzene rings is 2. The van der Waals surface area contributed by atoms with Crippen molar-refractivity contribution >= 4 is 51.5 Å². The lowest BCUT2D eigenvalue weighted by atomic mass is 10.3. The molecule has 0 aromatic heterocycles. The van der Waals surface area contributed by atoms with E-state index in [-0.39, 0.29) is 0 Å². The topological polar surface area (TPSA) is 29.3 Å². The highest BCUT2D eigenvalue weighted by atomic mass is 79.9. The van der Waals surface area contributed by atoms with Crippen molar-refractivity contribution < 1.29 is 0 Å². The van der Waals surface area contributed by atoms with Crippen molar-refractivity contribution in [1.82, 2.24) is 0 Å². The summed E-state index contributed by atoms with van der Waals surface area (Å²) in [6, 6.07) is 13.3.